The van der Waals surface area contributed by atoms with Crippen LogP contribution in [0.5, 0.6) is 0 Å². The molecule has 10 rings (SSSR count). The molecule has 0 saturated heterocycles. The quantitative estimate of drug-likeness (QED) is 0.148. The van der Waals surface area contributed by atoms with Crippen molar-refractivity contribution in [2.45, 2.75) is 0 Å². The highest BCUT2D eigenvalue weighted by Crippen LogP contribution is 2.43. The molecular weight excluding hydrogens is 520 g/mol. The molecular formula is C42H24O. The standard InChI is InChI=1S/C42H24O/c1-3-11-30-26(9-1)21-27-10-2-4-12-31(27)40(30)28-18-17-25-24-39-38(23-29(25)22-28)37-20-19-36-34-15-6-5-13-32(34)33-14-7-8-16-35(33)41(36)42(37)43-39/h1-24H. The minimum Gasteiger partial charge on any atom is -0.455 e. The first-order valence-electron chi connectivity index (χ1n) is 14.8. The highest BCUT2D eigenvalue weighted by Gasteiger charge is 2.17. The molecule has 10 aromatic rings. The fraction of sp³-hybridized carbons (Fsp3) is 0. The van der Waals surface area contributed by atoms with Crippen LogP contribution < -0.4 is 0 Å². The van der Waals surface area contributed by atoms with Gasteiger partial charge in [-0.25, -0.2) is 0 Å². The van der Waals surface area contributed by atoms with Crippen LogP contribution in [0.1, 0.15) is 0 Å². The Bertz CT molecular complexity index is 2690. The van der Waals surface area contributed by atoms with Crippen LogP contribution in [0.25, 0.3) is 97.7 Å². The minimum absolute atomic E-state index is 0.926. The summed E-state index contributed by atoms with van der Waals surface area (Å²) in [5, 5.41) is 17.2. The van der Waals surface area contributed by atoms with E-state index in [4.69, 9.17) is 4.42 Å². The fourth-order valence-electron chi connectivity index (χ4n) is 7.44. The van der Waals surface area contributed by atoms with Gasteiger partial charge in [0.25, 0.3) is 0 Å². The van der Waals surface area contributed by atoms with Crippen LogP contribution in [0, 0.1) is 0 Å². The summed E-state index contributed by atoms with van der Waals surface area (Å²) in [6.07, 6.45) is 0. The lowest BCUT2D eigenvalue weighted by atomic mass is 9.90. The minimum atomic E-state index is 0.926. The van der Waals surface area contributed by atoms with Gasteiger partial charge in [0, 0.05) is 16.2 Å². The van der Waals surface area contributed by atoms with Crippen molar-refractivity contribution >= 4 is 86.6 Å². The van der Waals surface area contributed by atoms with Gasteiger partial charge in [0.1, 0.15) is 11.2 Å². The predicted molar refractivity (Wildman–Crippen MR) is 184 cm³/mol. The SMILES string of the molecule is c1ccc2c(-c3ccc4cc5oc6c(ccc7c8ccccc8c8ccccc8c76)c5cc4c3)c3ccccc3cc2c1. The number of hydrogen-bond donors (Lipinski definition) is 0. The third-order valence-corrected chi connectivity index (χ3v) is 9.36. The van der Waals surface area contributed by atoms with Crippen molar-refractivity contribution in [1.82, 2.24) is 0 Å². The van der Waals surface area contributed by atoms with E-state index in [1.54, 1.807) is 0 Å². The molecule has 1 heterocycles. The molecule has 0 N–H and O–H groups in total. The maximum absolute atomic E-state index is 6.76. The highest BCUT2D eigenvalue weighted by molar-refractivity contribution is 6.32. The topological polar surface area (TPSA) is 13.1 Å². The zero-order chi connectivity index (χ0) is 28.1. The summed E-state index contributed by atoms with van der Waals surface area (Å²) in [4.78, 5) is 0. The van der Waals surface area contributed by atoms with Crippen molar-refractivity contribution in [2.24, 2.45) is 0 Å². The van der Waals surface area contributed by atoms with E-state index in [1.165, 1.54) is 75.8 Å². The molecule has 0 unspecified atom stereocenters. The molecule has 0 amide bonds. The van der Waals surface area contributed by atoms with E-state index in [1.807, 2.05) is 0 Å². The Labute approximate surface area is 247 Å². The monoisotopic (exact) mass is 544 g/mol. The number of rotatable bonds is 1. The number of benzene rings is 9. The van der Waals surface area contributed by atoms with E-state index in [2.05, 4.69) is 146 Å². The van der Waals surface area contributed by atoms with Crippen molar-refractivity contribution in [1.29, 1.82) is 0 Å². The van der Waals surface area contributed by atoms with Gasteiger partial charge in [-0.3, -0.25) is 0 Å². The average molecular weight is 545 g/mol. The third kappa shape index (κ3) is 3.17. The lowest BCUT2D eigenvalue weighted by Gasteiger charge is -2.13. The van der Waals surface area contributed by atoms with Gasteiger partial charge in [-0.1, -0.05) is 115 Å². The van der Waals surface area contributed by atoms with Crippen LogP contribution >= 0.6 is 0 Å². The van der Waals surface area contributed by atoms with Crippen LogP contribution in [-0.4, -0.2) is 0 Å². The number of furan rings is 1. The van der Waals surface area contributed by atoms with Gasteiger partial charge in [-0.2, -0.15) is 0 Å². The Kier molecular flexibility index (Phi) is 4.51. The molecule has 198 valence electrons. The lowest BCUT2D eigenvalue weighted by molar-refractivity contribution is 0.673. The molecule has 1 heteroatoms. The smallest absolute Gasteiger partial charge is 0.143 e. The molecule has 0 radical (unpaired) electrons. The normalized spacial score (nSPS) is 12.2. The molecule has 0 aliphatic carbocycles. The van der Waals surface area contributed by atoms with Crippen molar-refractivity contribution < 1.29 is 4.42 Å². The summed E-state index contributed by atoms with van der Waals surface area (Å²) in [5.41, 5.74) is 4.41. The Hall–Kier alpha value is -5.66. The molecule has 43 heavy (non-hydrogen) atoms. The van der Waals surface area contributed by atoms with Crippen LogP contribution in [0.15, 0.2) is 150 Å². The Morgan fingerprint density at radius 1 is 0.326 bits per heavy atom. The summed E-state index contributed by atoms with van der Waals surface area (Å²) in [7, 11) is 0. The Balaban J connectivity index is 1.28. The molecule has 9 aromatic carbocycles. The maximum atomic E-state index is 6.76. The summed E-state index contributed by atoms with van der Waals surface area (Å²) in [6.45, 7) is 0. The van der Waals surface area contributed by atoms with E-state index < -0.39 is 0 Å². The van der Waals surface area contributed by atoms with Crippen LogP contribution in [0.3, 0.4) is 0 Å². The zero-order valence-electron chi connectivity index (χ0n) is 23.3. The zero-order valence-corrected chi connectivity index (χ0v) is 23.3. The van der Waals surface area contributed by atoms with E-state index in [9.17, 15) is 0 Å². The summed E-state index contributed by atoms with van der Waals surface area (Å²) < 4.78 is 6.76. The molecule has 0 bridgehead atoms. The third-order valence-electron chi connectivity index (χ3n) is 9.36. The van der Waals surface area contributed by atoms with Gasteiger partial charge < -0.3 is 4.42 Å². The van der Waals surface area contributed by atoms with E-state index >= 15 is 0 Å². The maximum Gasteiger partial charge on any atom is 0.143 e. The first-order chi connectivity index (χ1) is 21.3. The summed E-state index contributed by atoms with van der Waals surface area (Å²) >= 11 is 0. The molecule has 0 saturated carbocycles. The van der Waals surface area contributed by atoms with E-state index in [0.29, 0.717) is 0 Å². The van der Waals surface area contributed by atoms with Crippen LogP contribution in [0.4, 0.5) is 0 Å². The molecule has 0 fully saturated rings. The van der Waals surface area contributed by atoms with Crippen molar-refractivity contribution in [3.63, 3.8) is 0 Å². The van der Waals surface area contributed by atoms with Crippen molar-refractivity contribution in [3.8, 4) is 11.1 Å². The van der Waals surface area contributed by atoms with Gasteiger partial charge in [0.05, 0.1) is 0 Å². The van der Waals surface area contributed by atoms with Crippen LogP contribution in [-0.2, 0) is 0 Å². The van der Waals surface area contributed by atoms with E-state index in [0.717, 1.165) is 21.9 Å². The fourth-order valence-corrected chi connectivity index (χ4v) is 7.44. The number of hydrogen-bond acceptors (Lipinski definition) is 1. The Morgan fingerprint density at radius 2 is 0.884 bits per heavy atom. The first kappa shape index (κ1) is 23.0. The summed E-state index contributed by atoms with van der Waals surface area (Å²) in [5.74, 6) is 0. The Morgan fingerprint density at radius 3 is 1.58 bits per heavy atom. The highest BCUT2D eigenvalue weighted by atomic mass is 16.3. The van der Waals surface area contributed by atoms with E-state index in [-0.39, 0.29) is 0 Å². The molecule has 0 atom stereocenters. The van der Waals surface area contributed by atoms with Gasteiger partial charge in [0.2, 0.25) is 0 Å². The van der Waals surface area contributed by atoms with Crippen molar-refractivity contribution in [3.05, 3.63) is 146 Å². The molecule has 0 aliphatic rings. The van der Waals surface area contributed by atoms with Crippen molar-refractivity contribution in [2.75, 3.05) is 0 Å². The average Bonchev–Trinajstić information content (AvgIpc) is 3.43. The van der Waals surface area contributed by atoms with Gasteiger partial charge in [-0.05, 0) is 101 Å². The molecule has 1 aromatic heterocycles. The predicted octanol–water partition coefficient (Wildman–Crippen LogP) is 12.2. The van der Waals surface area contributed by atoms with Gasteiger partial charge in [0.15, 0.2) is 0 Å². The van der Waals surface area contributed by atoms with Crippen LogP contribution in [0.2, 0.25) is 0 Å². The molecule has 1 nitrogen and oxygen atoms in total. The second kappa shape index (κ2) is 8.44. The van der Waals surface area contributed by atoms with Gasteiger partial charge in [-0.15, -0.1) is 0 Å². The van der Waals surface area contributed by atoms with Gasteiger partial charge >= 0.3 is 0 Å². The second-order valence-corrected chi connectivity index (χ2v) is 11.7. The molecule has 0 aliphatic heterocycles. The lowest BCUT2D eigenvalue weighted by Crippen LogP contribution is -1.86. The summed E-state index contributed by atoms with van der Waals surface area (Å²) in [6, 6.07) is 53.1. The number of fused-ring (bicyclic) bond motifs is 13. The largest absolute Gasteiger partial charge is 0.455 e. The first-order valence-corrected chi connectivity index (χ1v) is 14.8. The second-order valence-electron chi connectivity index (χ2n) is 11.7. The molecule has 0 spiro atoms.